The van der Waals surface area contributed by atoms with Crippen LogP contribution in [0.4, 0.5) is 0 Å². The molecule has 0 saturated carbocycles. The number of hydrogen-bond donors (Lipinski definition) is 2. The number of carbonyl (C=O) groups excluding carboxylic acids is 2. The van der Waals surface area contributed by atoms with Crippen molar-refractivity contribution in [3.8, 4) is 0 Å². The quantitative estimate of drug-likeness (QED) is 0.877. The van der Waals surface area contributed by atoms with Crippen LogP contribution in [-0.2, 0) is 9.59 Å². The summed E-state index contributed by atoms with van der Waals surface area (Å²) in [6, 6.07) is 7.28. The third-order valence-corrected chi connectivity index (χ3v) is 5.50. The van der Waals surface area contributed by atoms with E-state index < -0.39 is 0 Å². The largest absolute Gasteiger partial charge is 0.351 e. The molecule has 0 radical (unpaired) electrons. The van der Waals surface area contributed by atoms with Crippen LogP contribution in [0.15, 0.2) is 24.3 Å². The molecule has 0 aliphatic carbocycles. The summed E-state index contributed by atoms with van der Waals surface area (Å²) < 4.78 is 0. The molecule has 2 saturated heterocycles. The molecule has 1 aromatic rings. The minimum Gasteiger partial charge on any atom is -0.351 e. The highest BCUT2D eigenvalue weighted by Crippen LogP contribution is 2.38. The maximum Gasteiger partial charge on any atom is 0.226 e. The molecule has 0 spiro atoms. The van der Waals surface area contributed by atoms with Gasteiger partial charge in [0.25, 0.3) is 0 Å². The number of piperidine rings is 1. The Morgan fingerprint density at radius 1 is 1.42 bits per heavy atom. The molecular weight excluding hydrogens is 326 g/mol. The van der Waals surface area contributed by atoms with Crippen LogP contribution in [0.3, 0.4) is 0 Å². The van der Waals surface area contributed by atoms with Crippen LogP contribution in [0.2, 0.25) is 5.02 Å². The highest BCUT2D eigenvalue weighted by atomic mass is 35.5. The molecule has 130 valence electrons. The van der Waals surface area contributed by atoms with E-state index in [1.807, 2.05) is 18.2 Å². The molecule has 2 aliphatic heterocycles. The molecule has 2 N–H and O–H groups in total. The van der Waals surface area contributed by atoms with E-state index in [0.717, 1.165) is 25.1 Å². The number of hydrogen-bond acceptors (Lipinski definition) is 3. The smallest absolute Gasteiger partial charge is 0.226 e. The van der Waals surface area contributed by atoms with E-state index >= 15 is 0 Å². The SMILES string of the molecule is CC1CCNCC1NC(=O)C1CC(=O)N(C)C1c1cccc(Cl)c1. The van der Waals surface area contributed by atoms with Gasteiger partial charge in [-0.05, 0) is 36.6 Å². The summed E-state index contributed by atoms with van der Waals surface area (Å²) in [5, 5.41) is 7.09. The van der Waals surface area contributed by atoms with Gasteiger partial charge in [0, 0.05) is 31.1 Å². The van der Waals surface area contributed by atoms with Gasteiger partial charge < -0.3 is 15.5 Å². The van der Waals surface area contributed by atoms with Crippen molar-refractivity contribution in [2.75, 3.05) is 20.1 Å². The van der Waals surface area contributed by atoms with Crippen LogP contribution in [0.1, 0.15) is 31.4 Å². The van der Waals surface area contributed by atoms with Gasteiger partial charge in [-0.25, -0.2) is 0 Å². The van der Waals surface area contributed by atoms with Gasteiger partial charge in [-0.15, -0.1) is 0 Å². The number of likely N-dealkylation sites (tertiary alicyclic amines) is 1. The molecule has 2 amide bonds. The summed E-state index contributed by atoms with van der Waals surface area (Å²) in [6.07, 6.45) is 1.29. The average molecular weight is 350 g/mol. The molecule has 3 rings (SSSR count). The van der Waals surface area contributed by atoms with Crippen LogP contribution in [0, 0.1) is 11.8 Å². The second-order valence-electron chi connectivity index (χ2n) is 6.90. The van der Waals surface area contributed by atoms with E-state index in [4.69, 9.17) is 11.6 Å². The lowest BCUT2D eigenvalue weighted by Crippen LogP contribution is -2.52. The molecule has 2 aliphatic rings. The molecule has 4 atom stereocenters. The van der Waals surface area contributed by atoms with Gasteiger partial charge in [-0.3, -0.25) is 9.59 Å². The third kappa shape index (κ3) is 3.42. The van der Waals surface area contributed by atoms with E-state index in [1.54, 1.807) is 18.0 Å². The summed E-state index contributed by atoms with van der Waals surface area (Å²) in [6.45, 7) is 3.93. The van der Waals surface area contributed by atoms with Gasteiger partial charge in [-0.1, -0.05) is 30.7 Å². The van der Waals surface area contributed by atoms with Gasteiger partial charge in [-0.2, -0.15) is 0 Å². The maximum absolute atomic E-state index is 12.9. The average Bonchev–Trinajstić information content (AvgIpc) is 2.85. The summed E-state index contributed by atoms with van der Waals surface area (Å²) in [5.41, 5.74) is 0.908. The lowest BCUT2D eigenvalue weighted by atomic mass is 9.90. The second kappa shape index (κ2) is 7.11. The van der Waals surface area contributed by atoms with Crippen molar-refractivity contribution in [3.05, 3.63) is 34.9 Å². The van der Waals surface area contributed by atoms with E-state index in [-0.39, 0.29) is 36.2 Å². The van der Waals surface area contributed by atoms with Gasteiger partial charge in [0.2, 0.25) is 11.8 Å². The molecule has 5 nitrogen and oxygen atoms in total. The van der Waals surface area contributed by atoms with Gasteiger partial charge in [0.1, 0.15) is 0 Å². The summed E-state index contributed by atoms with van der Waals surface area (Å²) in [5.74, 6) is 0.0120. The Morgan fingerprint density at radius 3 is 2.92 bits per heavy atom. The van der Waals surface area contributed by atoms with Crippen molar-refractivity contribution < 1.29 is 9.59 Å². The van der Waals surface area contributed by atoms with Crippen LogP contribution >= 0.6 is 11.6 Å². The number of halogens is 1. The zero-order chi connectivity index (χ0) is 17.3. The Kier molecular flexibility index (Phi) is 5.11. The first kappa shape index (κ1) is 17.2. The number of rotatable bonds is 3. The van der Waals surface area contributed by atoms with E-state index in [2.05, 4.69) is 17.6 Å². The van der Waals surface area contributed by atoms with Crippen LogP contribution in [0.5, 0.6) is 0 Å². The molecule has 0 bridgehead atoms. The zero-order valence-corrected chi connectivity index (χ0v) is 14.8. The predicted octanol–water partition coefficient (Wildman–Crippen LogP) is 1.97. The van der Waals surface area contributed by atoms with Crippen molar-refractivity contribution in [2.24, 2.45) is 11.8 Å². The lowest BCUT2D eigenvalue weighted by Gasteiger charge is -2.32. The zero-order valence-electron chi connectivity index (χ0n) is 14.1. The van der Waals surface area contributed by atoms with Gasteiger partial charge in [0.15, 0.2) is 0 Å². The van der Waals surface area contributed by atoms with Crippen molar-refractivity contribution >= 4 is 23.4 Å². The number of amides is 2. The Hall–Kier alpha value is -1.59. The molecular formula is C18H24ClN3O2. The third-order valence-electron chi connectivity index (χ3n) is 5.27. The van der Waals surface area contributed by atoms with Crippen molar-refractivity contribution in [2.45, 2.75) is 31.8 Å². The Balaban J connectivity index is 1.79. The Bertz CT molecular complexity index is 636. The van der Waals surface area contributed by atoms with Gasteiger partial charge in [0.05, 0.1) is 12.0 Å². The summed E-state index contributed by atoms with van der Waals surface area (Å²) >= 11 is 6.10. The first-order chi connectivity index (χ1) is 11.5. The first-order valence-corrected chi connectivity index (χ1v) is 8.87. The molecule has 6 heteroatoms. The molecule has 4 unspecified atom stereocenters. The number of nitrogens with one attached hydrogen (secondary N) is 2. The van der Waals surface area contributed by atoms with E-state index in [0.29, 0.717) is 10.9 Å². The Labute approximate surface area is 147 Å². The number of nitrogens with zero attached hydrogens (tertiary/aromatic N) is 1. The van der Waals surface area contributed by atoms with Crippen molar-refractivity contribution in [3.63, 3.8) is 0 Å². The number of carbonyl (C=O) groups is 2. The van der Waals surface area contributed by atoms with Crippen molar-refractivity contribution in [1.82, 2.24) is 15.5 Å². The fraction of sp³-hybridized carbons (Fsp3) is 0.556. The molecule has 2 heterocycles. The van der Waals surface area contributed by atoms with E-state index in [9.17, 15) is 9.59 Å². The molecule has 0 aromatic heterocycles. The molecule has 2 fully saturated rings. The van der Waals surface area contributed by atoms with Crippen LogP contribution < -0.4 is 10.6 Å². The maximum atomic E-state index is 12.9. The normalized spacial score (nSPS) is 30.5. The molecule has 24 heavy (non-hydrogen) atoms. The highest BCUT2D eigenvalue weighted by molar-refractivity contribution is 6.30. The van der Waals surface area contributed by atoms with Crippen LogP contribution in [-0.4, -0.2) is 42.9 Å². The van der Waals surface area contributed by atoms with Crippen LogP contribution in [0.25, 0.3) is 0 Å². The topological polar surface area (TPSA) is 61.4 Å². The minimum atomic E-state index is -0.380. The van der Waals surface area contributed by atoms with Crippen molar-refractivity contribution in [1.29, 1.82) is 0 Å². The fourth-order valence-corrected chi connectivity index (χ4v) is 3.92. The summed E-state index contributed by atoms with van der Waals surface area (Å²) in [4.78, 5) is 26.7. The standard InChI is InChI=1S/C18H24ClN3O2/c1-11-6-7-20-10-15(11)21-18(24)14-9-16(23)22(2)17(14)12-4-3-5-13(19)8-12/h3-5,8,11,14-15,17,20H,6-7,9-10H2,1-2H3,(H,21,24). The lowest BCUT2D eigenvalue weighted by molar-refractivity contribution is -0.128. The fourth-order valence-electron chi connectivity index (χ4n) is 3.72. The Morgan fingerprint density at radius 2 is 2.21 bits per heavy atom. The van der Waals surface area contributed by atoms with E-state index in [1.165, 1.54) is 0 Å². The molecule has 1 aromatic carbocycles. The monoisotopic (exact) mass is 349 g/mol. The minimum absolute atomic E-state index is 0.00468. The predicted molar refractivity (Wildman–Crippen MR) is 93.7 cm³/mol. The highest BCUT2D eigenvalue weighted by Gasteiger charge is 2.43. The number of benzene rings is 1. The second-order valence-corrected chi connectivity index (χ2v) is 7.34. The first-order valence-electron chi connectivity index (χ1n) is 8.49. The summed E-state index contributed by atoms with van der Waals surface area (Å²) in [7, 11) is 1.76. The van der Waals surface area contributed by atoms with Gasteiger partial charge >= 0.3 is 0 Å².